The molecule has 0 bridgehead atoms. The third-order valence-electron chi connectivity index (χ3n) is 6.67. The zero-order chi connectivity index (χ0) is 24.0. The average Bonchev–Trinajstić information content (AvgIpc) is 2.69. The fourth-order valence-corrected chi connectivity index (χ4v) is 4.24. The van der Waals surface area contributed by atoms with E-state index in [1.807, 2.05) is 73.6 Å². The van der Waals surface area contributed by atoms with Crippen molar-refractivity contribution in [3.8, 4) is 0 Å². The molecule has 2 saturated carbocycles. The minimum Gasteiger partial charge on any atom is -0.392 e. The first-order valence-electron chi connectivity index (χ1n) is 11.4. The number of hydrogen-bond acceptors (Lipinski definition) is 4. The summed E-state index contributed by atoms with van der Waals surface area (Å²) in [5.41, 5.74) is 5.22. The molecule has 8 atom stereocenters. The highest BCUT2D eigenvalue weighted by atomic mass is 16.3. The van der Waals surface area contributed by atoms with Gasteiger partial charge in [0.25, 0.3) is 0 Å². The number of allylic oxidation sites excluding steroid dienone is 6. The van der Waals surface area contributed by atoms with Crippen LogP contribution in [0.1, 0.15) is 76.7 Å². The Kier molecular flexibility index (Phi) is 15.0. The number of rotatable bonds is 2. The second kappa shape index (κ2) is 14.7. The minimum absolute atomic E-state index is 0. The maximum absolute atomic E-state index is 9.95. The molecule has 0 aliphatic heterocycles. The standard InChI is InChI=1S/C14H22O2.C13H22O2.2CH4/c1-8(2)6-7-12-9(3)13(15)11(5)14(16)10(12)4;1-8(2)5-6-11-9(3)12(14)7-13(15)10(11)4;;/h6-7,9-10,13-16H,5H2,1-4H3;5-6,9-10,12-15H,7H2,1-4H3;2*1H4/t9-,10+,13-,14-;9-,10+,12-,13-;;/m10../s1. The Morgan fingerprint density at radius 1 is 0.667 bits per heavy atom. The molecule has 33 heavy (non-hydrogen) atoms. The van der Waals surface area contributed by atoms with E-state index in [2.05, 4.69) is 12.7 Å². The second-order valence-corrected chi connectivity index (χ2v) is 9.81. The van der Waals surface area contributed by atoms with Crippen LogP contribution >= 0.6 is 0 Å². The molecule has 192 valence electrons. The van der Waals surface area contributed by atoms with Gasteiger partial charge >= 0.3 is 0 Å². The summed E-state index contributed by atoms with van der Waals surface area (Å²) in [5, 5.41) is 39.5. The molecular formula is C29H52O4. The Bertz CT molecular complexity index is 699. The van der Waals surface area contributed by atoms with Gasteiger partial charge in [-0.05, 0) is 33.3 Å². The summed E-state index contributed by atoms with van der Waals surface area (Å²) in [6.45, 7) is 19.9. The average molecular weight is 465 g/mol. The molecule has 0 unspecified atom stereocenters. The highest BCUT2D eigenvalue weighted by molar-refractivity contribution is 5.31. The van der Waals surface area contributed by atoms with Crippen LogP contribution in [0.15, 0.2) is 58.7 Å². The van der Waals surface area contributed by atoms with E-state index in [0.29, 0.717) is 12.0 Å². The summed E-state index contributed by atoms with van der Waals surface area (Å²) < 4.78 is 0. The third kappa shape index (κ3) is 9.01. The van der Waals surface area contributed by atoms with Gasteiger partial charge in [-0.1, -0.05) is 95.7 Å². The molecule has 2 aliphatic rings. The lowest BCUT2D eigenvalue weighted by molar-refractivity contribution is 0.00780. The van der Waals surface area contributed by atoms with Crippen molar-refractivity contribution in [2.24, 2.45) is 23.7 Å². The molecular weight excluding hydrogens is 412 g/mol. The van der Waals surface area contributed by atoms with Gasteiger partial charge in [0.15, 0.2) is 0 Å². The van der Waals surface area contributed by atoms with Gasteiger partial charge in [0.05, 0.1) is 24.4 Å². The van der Waals surface area contributed by atoms with Crippen LogP contribution in [-0.4, -0.2) is 44.8 Å². The van der Waals surface area contributed by atoms with E-state index in [1.165, 1.54) is 11.1 Å². The van der Waals surface area contributed by atoms with Gasteiger partial charge in [0.2, 0.25) is 0 Å². The van der Waals surface area contributed by atoms with Crippen molar-refractivity contribution in [3.63, 3.8) is 0 Å². The van der Waals surface area contributed by atoms with Crippen LogP contribution in [0.3, 0.4) is 0 Å². The minimum atomic E-state index is -0.636. The quantitative estimate of drug-likeness (QED) is 0.378. The van der Waals surface area contributed by atoms with Crippen molar-refractivity contribution in [2.45, 2.75) is 101 Å². The third-order valence-corrected chi connectivity index (χ3v) is 6.67. The van der Waals surface area contributed by atoms with Crippen molar-refractivity contribution < 1.29 is 20.4 Å². The first kappa shape index (κ1) is 33.7. The zero-order valence-corrected chi connectivity index (χ0v) is 20.6. The topological polar surface area (TPSA) is 80.9 Å². The van der Waals surface area contributed by atoms with Crippen molar-refractivity contribution in [2.75, 3.05) is 0 Å². The van der Waals surface area contributed by atoms with Crippen LogP contribution in [-0.2, 0) is 0 Å². The number of hydrogen-bond donors (Lipinski definition) is 4. The molecule has 0 saturated heterocycles. The van der Waals surface area contributed by atoms with Gasteiger partial charge in [-0.2, -0.15) is 0 Å². The van der Waals surface area contributed by atoms with Gasteiger partial charge in [0.1, 0.15) is 0 Å². The predicted molar refractivity (Wildman–Crippen MR) is 143 cm³/mol. The fourth-order valence-electron chi connectivity index (χ4n) is 4.24. The lowest BCUT2D eigenvalue weighted by Crippen LogP contribution is -2.40. The van der Waals surface area contributed by atoms with Crippen molar-refractivity contribution in [1.29, 1.82) is 0 Å². The van der Waals surface area contributed by atoms with Crippen LogP contribution < -0.4 is 0 Å². The monoisotopic (exact) mass is 464 g/mol. The molecule has 0 heterocycles. The van der Waals surface area contributed by atoms with Gasteiger partial charge in [-0.3, -0.25) is 0 Å². The number of aliphatic hydroxyl groups excluding tert-OH is 4. The lowest BCUT2D eigenvalue weighted by atomic mass is 9.72. The largest absolute Gasteiger partial charge is 0.392 e. The van der Waals surface area contributed by atoms with E-state index in [-0.39, 0.29) is 38.5 Å². The molecule has 0 amide bonds. The van der Waals surface area contributed by atoms with Crippen LogP contribution in [0.25, 0.3) is 0 Å². The summed E-state index contributed by atoms with van der Waals surface area (Å²) in [7, 11) is 0. The maximum Gasteiger partial charge on any atom is 0.0835 e. The second-order valence-electron chi connectivity index (χ2n) is 9.81. The van der Waals surface area contributed by atoms with Crippen molar-refractivity contribution >= 4 is 0 Å². The normalized spacial score (nSPS) is 36.1. The van der Waals surface area contributed by atoms with E-state index in [4.69, 9.17) is 0 Å². The predicted octanol–water partition coefficient (Wildman–Crippen LogP) is 5.99. The summed E-state index contributed by atoms with van der Waals surface area (Å²) in [6, 6.07) is 0. The fraction of sp³-hybridized carbons (Fsp3) is 0.655. The van der Waals surface area contributed by atoms with Gasteiger partial charge in [0, 0.05) is 30.1 Å². The van der Waals surface area contributed by atoms with E-state index < -0.39 is 24.4 Å². The Labute approximate surface area is 204 Å². The molecule has 4 heteroatoms. The summed E-state index contributed by atoms with van der Waals surface area (Å²) >= 11 is 0. The van der Waals surface area contributed by atoms with Crippen LogP contribution in [0, 0.1) is 23.7 Å². The van der Waals surface area contributed by atoms with Gasteiger partial charge in [-0.15, -0.1) is 0 Å². The molecule has 0 aromatic heterocycles. The van der Waals surface area contributed by atoms with Crippen LogP contribution in [0.4, 0.5) is 0 Å². The molecule has 0 spiro atoms. The summed E-state index contributed by atoms with van der Waals surface area (Å²) in [4.78, 5) is 0. The smallest absolute Gasteiger partial charge is 0.0835 e. The summed E-state index contributed by atoms with van der Waals surface area (Å²) in [6.07, 6.45) is 6.55. The first-order chi connectivity index (χ1) is 14.3. The molecule has 0 aromatic rings. The molecule has 0 aromatic carbocycles. The van der Waals surface area contributed by atoms with Crippen molar-refractivity contribution in [3.05, 3.63) is 58.7 Å². The molecule has 4 N–H and O–H groups in total. The Morgan fingerprint density at radius 2 is 0.970 bits per heavy atom. The first-order valence-corrected chi connectivity index (χ1v) is 11.4. The van der Waals surface area contributed by atoms with E-state index in [0.717, 1.165) is 11.1 Å². The molecule has 2 rings (SSSR count). The Hall–Kier alpha value is -1.46. The Morgan fingerprint density at radius 3 is 1.27 bits per heavy atom. The Balaban J connectivity index is 0. The molecule has 4 nitrogen and oxygen atoms in total. The van der Waals surface area contributed by atoms with Crippen LogP contribution in [0.5, 0.6) is 0 Å². The molecule has 0 radical (unpaired) electrons. The molecule has 2 fully saturated rings. The van der Waals surface area contributed by atoms with E-state index in [9.17, 15) is 20.4 Å². The zero-order valence-electron chi connectivity index (χ0n) is 20.6. The SMILES string of the molecule is C.C.C=C1[C@H](O)[C@H](C)C(=CC=C(C)C)[C@H](C)[C@H]1O.CC(C)=CC=C1[C@@H](C)[C@@H](O)C[C@H](O)[C@H]1C. The highest BCUT2D eigenvalue weighted by Crippen LogP contribution is 2.37. The summed E-state index contributed by atoms with van der Waals surface area (Å²) in [5.74, 6) is 0.362. The van der Waals surface area contributed by atoms with Gasteiger partial charge < -0.3 is 20.4 Å². The number of aliphatic hydroxyl groups is 4. The molecule has 2 aliphatic carbocycles. The maximum atomic E-state index is 9.95. The van der Waals surface area contributed by atoms with Crippen LogP contribution in [0.2, 0.25) is 0 Å². The van der Waals surface area contributed by atoms with Gasteiger partial charge in [-0.25, -0.2) is 0 Å². The lowest BCUT2D eigenvalue weighted by Gasteiger charge is -2.38. The van der Waals surface area contributed by atoms with E-state index >= 15 is 0 Å². The van der Waals surface area contributed by atoms with E-state index in [1.54, 1.807) is 0 Å². The highest BCUT2D eigenvalue weighted by Gasteiger charge is 2.37. The van der Waals surface area contributed by atoms with Crippen molar-refractivity contribution in [1.82, 2.24) is 0 Å².